The first-order valence-corrected chi connectivity index (χ1v) is 5.91. The van der Waals surface area contributed by atoms with Gasteiger partial charge in [0, 0.05) is 31.9 Å². The highest BCUT2D eigenvalue weighted by molar-refractivity contribution is 7.09. The summed E-state index contributed by atoms with van der Waals surface area (Å²) in [5, 5.41) is 2.97. The first kappa shape index (κ1) is 12.3. The number of ketones is 1. The average Bonchev–Trinajstić information content (AvgIpc) is 2.51. The maximum absolute atomic E-state index is 11.6. The van der Waals surface area contributed by atoms with Crippen LogP contribution in [0.25, 0.3) is 0 Å². The zero-order chi connectivity index (χ0) is 11.3. The van der Waals surface area contributed by atoms with Crippen molar-refractivity contribution in [3.63, 3.8) is 0 Å². The number of rotatable bonds is 6. The smallest absolute Gasteiger partial charge is 0.139 e. The Bertz CT molecular complexity index is 322. The van der Waals surface area contributed by atoms with E-state index in [1.165, 1.54) is 0 Å². The SMILES string of the molecule is COCC(C)CC(=O)Cc1csc(C)n1. The number of aryl methyl sites for hydroxylation is 1. The van der Waals surface area contributed by atoms with Gasteiger partial charge in [-0.2, -0.15) is 0 Å². The number of methoxy groups -OCH3 is 1. The van der Waals surface area contributed by atoms with E-state index in [0.29, 0.717) is 25.4 Å². The van der Waals surface area contributed by atoms with Crippen molar-refractivity contribution < 1.29 is 9.53 Å². The number of carbonyl (C=O) groups excluding carboxylic acids is 1. The van der Waals surface area contributed by atoms with Crippen LogP contribution in [0, 0.1) is 12.8 Å². The summed E-state index contributed by atoms with van der Waals surface area (Å²) < 4.78 is 4.99. The van der Waals surface area contributed by atoms with E-state index in [1.807, 2.05) is 19.2 Å². The van der Waals surface area contributed by atoms with Gasteiger partial charge in [0.2, 0.25) is 0 Å². The number of nitrogens with zero attached hydrogens (tertiary/aromatic N) is 1. The van der Waals surface area contributed by atoms with Gasteiger partial charge in [-0.25, -0.2) is 4.98 Å². The van der Waals surface area contributed by atoms with E-state index in [-0.39, 0.29) is 5.78 Å². The van der Waals surface area contributed by atoms with Crippen LogP contribution in [0.1, 0.15) is 24.0 Å². The van der Waals surface area contributed by atoms with Crippen LogP contribution in [0.5, 0.6) is 0 Å². The second-order valence-electron chi connectivity index (χ2n) is 3.84. The van der Waals surface area contributed by atoms with Crippen molar-refractivity contribution in [2.75, 3.05) is 13.7 Å². The summed E-state index contributed by atoms with van der Waals surface area (Å²) >= 11 is 1.59. The predicted molar refractivity (Wildman–Crippen MR) is 61.2 cm³/mol. The van der Waals surface area contributed by atoms with Crippen molar-refractivity contribution in [2.45, 2.75) is 26.7 Å². The molecule has 4 heteroatoms. The molecule has 0 bridgehead atoms. The molecule has 0 fully saturated rings. The Hall–Kier alpha value is -0.740. The summed E-state index contributed by atoms with van der Waals surface area (Å²) in [6.07, 6.45) is 1.03. The summed E-state index contributed by atoms with van der Waals surface area (Å²) in [5.74, 6) is 0.534. The van der Waals surface area contributed by atoms with E-state index in [9.17, 15) is 4.79 Å². The molecule has 1 atom stereocenters. The molecule has 0 spiro atoms. The van der Waals surface area contributed by atoms with Crippen LogP contribution in [0.3, 0.4) is 0 Å². The Morgan fingerprint density at radius 2 is 2.40 bits per heavy atom. The molecule has 0 radical (unpaired) electrons. The van der Waals surface area contributed by atoms with Crippen LogP contribution in [0.2, 0.25) is 0 Å². The number of Topliss-reactive ketones (excluding diaryl/α,β-unsaturated/α-hetero) is 1. The molecular weight excluding hydrogens is 210 g/mol. The second-order valence-corrected chi connectivity index (χ2v) is 4.90. The van der Waals surface area contributed by atoms with Gasteiger partial charge in [0.25, 0.3) is 0 Å². The minimum Gasteiger partial charge on any atom is -0.384 e. The maximum Gasteiger partial charge on any atom is 0.139 e. The van der Waals surface area contributed by atoms with Gasteiger partial charge in [-0.05, 0) is 12.8 Å². The van der Waals surface area contributed by atoms with Crippen molar-refractivity contribution in [2.24, 2.45) is 5.92 Å². The van der Waals surface area contributed by atoms with Crippen LogP contribution in [0.4, 0.5) is 0 Å². The van der Waals surface area contributed by atoms with Gasteiger partial charge in [-0.3, -0.25) is 4.79 Å². The van der Waals surface area contributed by atoms with Crippen molar-refractivity contribution >= 4 is 17.1 Å². The first-order chi connectivity index (χ1) is 7.11. The van der Waals surface area contributed by atoms with Crippen LogP contribution in [0.15, 0.2) is 5.38 Å². The van der Waals surface area contributed by atoms with Gasteiger partial charge >= 0.3 is 0 Å². The zero-order valence-corrected chi connectivity index (χ0v) is 10.3. The normalized spacial score (nSPS) is 12.7. The van der Waals surface area contributed by atoms with Crippen LogP contribution in [-0.4, -0.2) is 24.5 Å². The molecule has 0 N–H and O–H groups in total. The number of hydrogen-bond donors (Lipinski definition) is 0. The van der Waals surface area contributed by atoms with E-state index in [2.05, 4.69) is 4.98 Å². The second kappa shape index (κ2) is 5.98. The summed E-state index contributed by atoms with van der Waals surface area (Å²) in [7, 11) is 1.66. The minimum absolute atomic E-state index is 0.241. The number of ether oxygens (including phenoxy) is 1. The van der Waals surface area contributed by atoms with Gasteiger partial charge in [0.1, 0.15) is 5.78 Å². The lowest BCUT2D eigenvalue weighted by molar-refractivity contribution is -0.119. The van der Waals surface area contributed by atoms with Gasteiger partial charge < -0.3 is 4.74 Å². The highest BCUT2D eigenvalue weighted by Gasteiger charge is 2.11. The molecule has 0 amide bonds. The Labute approximate surface area is 94.5 Å². The molecule has 1 aromatic rings. The van der Waals surface area contributed by atoms with Crippen molar-refractivity contribution in [3.05, 3.63) is 16.1 Å². The van der Waals surface area contributed by atoms with Crippen molar-refractivity contribution in [3.8, 4) is 0 Å². The number of hydrogen-bond acceptors (Lipinski definition) is 4. The molecule has 0 saturated carbocycles. The molecule has 0 aliphatic carbocycles. The fourth-order valence-electron chi connectivity index (χ4n) is 1.50. The quantitative estimate of drug-likeness (QED) is 0.748. The fourth-order valence-corrected chi connectivity index (χ4v) is 2.11. The predicted octanol–water partition coefficient (Wildman–Crippen LogP) is 2.24. The van der Waals surface area contributed by atoms with Gasteiger partial charge in [0.05, 0.1) is 10.7 Å². The van der Waals surface area contributed by atoms with Crippen LogP contribution >= 0.6 is 11.3 Å². The third-order valence-electron chi connectivity index (χ3n) is 2.07. The summed E-state index contributed by atoms with van der Waals surface area (Å²) in [6.45, 7) is 4.61. The van der Waals surface area contributed by atoms with Crippen molar-refractivity contribution in [1.82, 2.24) is 4.98 Å². The average molecular weight is 227 g/mol. The van der Waals surface area contributed by atoms with E-state index in [0.717, 1.165) is 10.7 Å². The van der Waals surface area contributed by atoms with Gasteiger partial charge in [0.15, 0.2) is 0 Å². The molecule has 1 rings (SSSR count). The zero-order valence-electron chi connectivity index (χ0n) is 9.45. The summed E-state index contributed by atoms with van der Waals surface area (Å²) in [5.41, 5.74) is 0.895. The molecule has 0 aliphatic heterocycles. The first-order valence-electron chi connectivity index (χ1n) is 5.03. The fraction of sp³-hybridized carbons (Fsp3) is 0.636. The molecule has 1 heterocycles. The van der Waals surface area contributed by atoms with Crippen molar-refractivity contribution in [1.29, 1.82) is 0 Å². The Morgan fingerprint density at radius 1 is 1.67 bits per heavy atom. The monoisotopic (exact) mass is 227 g/mol. The standard InChI is InChI=1S/C11H17NO2S/c1-8(6-14-3)4-11(13)5-10-7-15-9(2)12-10/h7-8H,4-6H2,1-3H3. The Kier molecular flexibility index (Phi) is 4.91. The lowest BCUT2D eigenvalue weighted by atomic mass is 10.0. The van der Waals surface area contributed by atoms with Crippen LogP contribution in [-0.2, 0) is 16.0 Å². The largest absolute Gasteiger partial charge is 0.384 e. The van der Waals surface area contributed by atoms with Gasteiger partial charge in [-0.15, -0.1) is 11.3 Å². The van der Waals surface area contributed by atoms with E-state index in [4.69, 9.17) is 4.74 Å². The summed E-state index contributed by atoms with van der Waals surface area (Å²) in [4.78, 5) is 15.9. The molecule has 0 aromatic carbocycles. The Morgan fingerprint density at radius 3 is 2.93 bits per heavy atom. The molecule has 0 aliphatic rings. The number of aromatic nitrogens is 1. The minimum atomic E-state index is 0.241. The van der Waals surface area contributed by atoms with Gasteiger partial charge in [-0.1, -0.05) is 6.92 Å². The molecule has 0 saturated heterocycles. The number of carbonyl (C=O) groups is 1. The maximum atomic E-state index is 11.6. The van der Waals surface area contributed by atoms with E-state index >= 15 is 0 Å². The van der Waals surface area contributed by atoms with E-state index < -0.39 is 0 Å². The molecule has 3 nitrogen and oxygen atoms in total. The number of thiazole rings is 1. The van der Waals surface area contributed by atoms with E-state index in [1.54, 1.807) is 18.4 Å². The molecular formula is C11H17NO2S. The molecule has 15 heavy (non-hydrogen) atoms. The summed E-state index contributed by atoms with van der Waals surface area (Å²) in [6, 6.07) is 0. The third-order valence-corrected chi connectivity index (χ3v) is 2.89. The molecule has 84 valence electrons. The lowest BCUT2D eigenvalue weighted by Gasteiger charge is -2.07. The highest BCUT2D eigenvalue weighted by atomic mass is 32.1. The highest BCUT2D eigenvalue weighted by Crippen LogP contribution is 2.11. The molecule has 1 unspecified atom stereocenters. The molecule has 1 aromatic heterocycles. The Balaban J connectivity index is 2.36. The third kappa shape index (κ3) is 4.53. The lowest BCUT2D eigenvalue weighted by Crippen LogP contribution is -2.12. The topological polar surface area (TPSA) is 39.2 Å². The van der Waals surface area contributed by atoms with Crippen LogP contribution < -0.4 is 0 Å².